The Labute approximate surface area is 146 Å². The number of aromatic nitrogens is 1. The zero-order valence-corrected chi connectivity index (χ0v) is 14.3. The minimum absolute atomic E-state index is 0.200. The summed E-state index contributed by atoms with van der Waals surface area (Å²) in [6.45, 7) is 3.66. The highest BCUT2D eigenvalue weighted by atomic mass is 16.5. The number of ether oxygens (including phenoxy) is 1. The third-order valence-corrected chi connectivity index (χ3v) is 4.26. The van der Waals surface area contributed by atoms with Crippen LogP contribution in [0.4, 0.5) is 0 Å². The normalized spacial score (nSPS) is 19.6. The number of nitrogens with zero attached hydrogens (tertiary/aromatic N) is 3. The van der Waals surface area contributed by atoms with Gasteiger partial charge in [0, 0.05) is 30.1 Å². The third kappa shape index (κ3) is 3.39. The van der Waals surface area contributed by atoms with Gasteiger partial charge in [-0.2, -0.15) is 10.1 Å². The average Bonchev–Trinajstić information content (AvgIpc) is 3.00. The van der Waals surface area contributed by atoms with Crippen molar-refractivity contribution >= 4 is 11.6 Å². The lowest BCUT2D eigenvalue weighted by atomic mass is 9.98. The van der Waals surface area contributed by atoms with Crippen molar-refractivity contribution in [3.63, 3.8) is 0 Å². The molecule has 2 aromatic rings. The van der Waals surface area contributed by atoms with Crippen LogP contribution in [0.3, 0.4) is 0 Å². The van der Waals surface area contributed by atoms with Gasteiger partial charge in [0.15, 0.2) is 12.3 Å². The van der Waals surface area contributed by atoms with E-state index < -0.39 is 11.6 Å². The second kappa shape index (κ2) is 7.03. The fourth-order valence-electron chi connectivity index (χ4n) is 2.82. The molecule has 0 fully saturated rings. The number of rotatable bonds is 5. The summed E-state index contributed by atoms with van der Waals surface area (Å²) in [7, 11) is 0. The van der Waals surface area contributed by atoms with Crippen molar-refractivity contribution in [2.45, 2.75) is 32.4 Å². The van der Waals surface area contributed by atoms with E-state index in [9.17, 15) is 9.90 Å². The Bertz CT molecular complexity index is 792. The molecule has 25 heavy (non-hydrogen) atoms. The van der Waals surface area contributed by atoms with Gasteiger partial charge in [-0.3, -0.25) is 9.78 Å². The Kier molecular flexibility index (Phi) is 4.81. The number of hydrazone groups is 1. The predicted octanol–water partition coefficient (Wildman–Crippen LogP) is 2.61. The molecule has 0 bridgehead atoms. The molecule has 1 aromatic carbocycles. The maximum atomic E-state index is 12.7. The molecule has 6 nitrogen and oxygen atoms in total. The van der Waals surface area contributed by atoms with Crippen LogP contribution >= 0.6 is 0 Å². The van der Waals surface area contributed by atoms with E-state index >= 15 is 0 Å². The van der Waals surface area contributed by atoms with Crippen LogP contribution in [0.2, 0.25) is 0 Å². The minimum Gasteiger partial charge on any atom is -0.483 e. The molecule has 1 aliphatic rings. The Morgan fingerprint density at radius 3 is 2.80 bits per heavy atom. The number of carbonyl (C=O) groups excluding carboxylic acids is 1. The fraction of sp³-hybridized carbons (Fsp3) is 0.316. The number of amides is 1. The van der Waals surface area contributed by atoms with Crippen LogP contribution in [0.15, 0.2) is 53.9 Å². The van der Waals surface area contributed by atoms with Crippen LogP contribution in [-0.2, 0) is 10.5 Å². The van der Waals surface area contributed by atoms with Crippen LogP contribution in [0.25, 0.3) is 0 Å². The van der Waals surface area contributed by atoms with E-state index in [0.717, 1.165) is 16.3 Å². The molecule has 3 rings (SSSR count). The van der Waals surface area contributed by atoms with Crippen LogP contribution in [0.1, 0.15) is 30.9 Å². The Balaban J connectivity index is 1.81. The highest BCUT2D eigenvalue weighted by Crippen LogP contribution is 2.35. The van der Waals surface area contributed by atoms with Gasteiger partial charge >= 0.3 is 0 Å². The van der Waals surface area contributed by atoms with Crippen molar-refractivity contribution in [3.05, 3.63) is 59.9 Å². The summed E-state index contributed by atoms with van der Waals surface area (Å²) in [6.07, 6.45) is 4.10. The standard InChI is InChI=1S/C19H21N3O3/c1-3-16-11-19(24,15-8-6-10-20-12-15)22(21-16)18(23)13-25-17-9-5-4-7-14(17)2/h4-10,12,24H,3,11,13H2,1-2H3/t19-/m0/s1. The van der Waals surface area contributed by atoms with Crippen molar-refractivity contribution in [2.24, 2.45) is 5.10 Å². The first-order chi connectivity index (χ1) is 12.0. The summed E-state index contributed by atoms with van der Waals surface area (Å²) in [6, 6.07) is 10.9. The van der Waals surface area contributed by atoms with Crippen molar-refractivity contribution < 1.29 is 14.6 Å². The average molecular weight is 339 g/mol. The molecule has 1 amide bonds. The van der Waals surface area contributed by atoms with Gasteiger partial charge in [-0.05, 0) is 31.0 Å². The van der Waals surface area contributed by atoms with Gasteiger partial charge in [0.2, 0.25) is 0 Å². The smallest absolute Gasteiger partial charge is 0.283 e. The van der Waals surface area contributed by atoms with E-state index in [1.54, 1.807) is 30.6 Å². The SMILES string of the molecule is CCC1=NN(C(=O)COc2ccccc2C)[C@@](O)(c2cccnc2)C1. The van der Waals surface area contributed by atoms with Gasteiger partial charge in [-0.15, -0.1) is 0 Å². The lowest BCUT2D eigenvalue weighted by molar-refractivity contribution is -0.159. The number of benzene rings is 1. The van der Waals surface area contributed by atoms with Crippen molar-refractivity contribution in [1.29, 1.82) is 0 Å². The molecule has 0 saturated heterocycles. The highest BCUT2D eigenvalue weighted by Gasteiger charge is 2.45. The van der Waals surface area contributed by atoms with Gasteiger partial charge in [0.1, 0.15) is 5.75 Å². The topological polar surface area (TPSA) is 75.0 Å². The summed E-state index contributed by atoms with van der Waals surface area (Å²) in [5.74, 6) is 0.234. The second-order valence-electron chi connectivity index (χ2n) is 6.01. The largest absolute Gasteiger partial charge is 0.483 e. The van der Waals surface area contributed by atoms with E-state index in [-0.39, 0.29) is 13.0 Å². The van der Waals surface area contributed by atoms with Crippen LogP contribution < -0.4 is 4.74 Å². The molecule has 0 unspecified atom stereocenters. The van der Waals surface area contributed by atoms with Gasteiger partial charge in [-0.25, -0.2) is 0 Å². The number of aryl methyl sites for hydroxylation is 1. The number of pyridine rings is 1. The summed E-state index contributed by atoms with van der Waals surface area (Å²) in [5.41, 5.74) is 0.713. The van der Waals surface area contributed by atoms with E-state index in [0.29, 0.717) is 17.7 Å². The lowest BCUT2D eigenvalue weighted by Gasteiger charge is -2.31. The summed E-state index contributed by atoms with van der Waals surface area (Å²) in [4.78, 5) is 16.7. The van der Waals surface area contributed by atoms with E-state index in [1.165, 1.54) is 0 Å². The number of hydrogen-bond acceptors (Lipinski definition) is 5. The summed E-state index contributed by atoms with van der Waals surface area (Å²) < 4.78 is 5.62. The monoisotopic (exact) mass is 339 g/mol. The Morgan fingerprint density at radius 2 is 2.12 bits per heavy atom. The summed E-state index contributed by atoms with van der Waals surface area (Å²) in [5, 5.41) is 16.6. The van der Waals surface area contributed by atoms with Crippen molar-refractivity contribution in [1.82, 2.24) is 9.99 Å². The van der Waals surface area contributed by atoms with E-state index in [2.05, 4.69) is 10.1 Å². The molecule has 6 heteroatoms. The van der Waals surface area contributed by atoms with E-state index in [4.69, 9.17) is 4.74 Å². The first kappa shape index (κ1) is 17.1. The molecule has 1 atom stereocenters. The highest BCUT2D eigenvalue weighted by molar-refractivity contribution is 5.91. The summed E-state index contributed by atoms with van der Waals surface area (Å²) >= 11 is 0. The third-order valence-electron chi connectivity index (χ3n) is 4.26. The molecule has 0 aliphatic carbocycles. The molecule has 0 saturated carbocycles. The molecule has 2 heterocycles. The minimum atomic E-state index is -1.52. The molecule has 0 radical (unpaired) electrons. The Morgan fingerprint density at radius 1 is 1.32 bits per heavy atom. The molecule has 1 N–H and O–H groups in total. The van der Waals surface area contributed by atoms with Crippen molar-refractivity contribution in [3.8, 4) is 5.75 Å². The predicted molar refractivity (Wildman–Crippen MR) is 94.0 cm³/mol. The van der Waals surface area contributed by atoms with Crippen LogP contribution in [0, 0.1) is 6.92 Å². The van der Waals surface area contributed by atoms with E-state index in [1.807, 2.05) is 32.0 Å². The molecule has 1 aromatic heterocycles. The maximum absolute atomic E-state index is 12.7. The maximum Gasteiger partial charge on any atom is 0.283 e. The van der Waals surface area contributed by atoms with Crippen molar-refractivity contribution in [2.75, 3.05) is 6.61 Å². The van der Waals surface area contributed by atoms with Crippen LogP contribution in [0.5, 0.6) is 5.75 Å². The quantitative estimate of drug-likeness (QED) is 0.908. The zero-order chi connectivity index (χ0) is 17.9. The van der Waals surface area contributed by atoms with Gasteiger partial charge in [0.25, 0.3) is 5.91 Å². The number of carbonyl (C=O) groups is 1. The molecular formula is C19H21N3O3. The zero-order valence-electron chi connectivity index (χ0n) is 14.3. The van der Waals surface area contributed by atoms with Gasteiger partial charge < -0.3 is 9.84 Å². The van der Waals surface area contributed by atoms with Crippen LogP contribution in [-0.4, -0.2) is 33.3 Å². The van der Waals surface area contributed by atoms with Gasteiger partial charge in [0.05, 0.1) is 0 Å². The lowest BCUT2D eigenvalue weighted by Crippen LogP contribution is -2.45. The fourth-order valence-corrected chi connectivity index (χ4v) is 2.82. The molecule has 0 spiro atoms. The Hall–Kier alpha value is -2.73. The molecule has 1 aliphatic heterocycles. The number of hydrogen-bond donors (Lipinski definition) is 1. The number of para-hydroxylation sites is 1. The van der Waals surface area contributed by atoms with Gasteiger partial charge in [-0.1, -0.05) is 31.2 Å². The number of aliphatic hydroxyl groups is 1. The first-order valence-corrected chi connectivity index (χ1v) is 8.25. The first-order valence-electron chi connectivity index (χ1n) is 8.25. The molecule has 130 valence electrons. The second-order valence-corrected chi connectivity index (χ2v) is 6.01. The molecular weight excluding hydrogens is 318 g/mol.